The smallest absolute Gasteiger partial charge is 0.342 e. The van der Waals surface area contributed by atoms with E-state index in [1.807, 2.05) is 18.2 Å². The van der Waals surface area contributed by atoms with Gasteiger partial charge in [0.05, 0.1) is 28.9 Å². The van der Waals surface area contributed by atoms with E-state index in [0.717, 1.165) is 18.5 Å². The maximum atomic E-state index is 12.2. The van der Waals surface area contributed by atoms with E-state index in [-0.39, 0.29) is 0 Å². The van der Waals surface area contributed by atoms with E-state index in [9.17, 15) is 4.79 Å². The highest BCUT2D eigenvalue weighted by molar-refractivity contribution is 6.07. The molecule has 128 valence electrons. The highest BCUT2D eigenvalue weighted by Crippen LogP contribution is 2.34. The fourth-order valence-corrected chi connectivity index (χ4v) is 3.11. The summed E-state index contributed by atoms with van der Waals surface area (Å²) in [5.41, 5.74) is 8.27. The number of esters is 1. The number of rotatable bonds is 5. The Morgan fingerprint density at radius 2 is 2.29 bits per heavy atom. The molecule has 3 N–H and O–H groups in total. The van der Waals surface area contributed by atoms with Gasteiger partial charge < -0.3 is 20.5 Å². The molecule has 0 amide bonds. The molecule has 1 saturated heterocycles. The number of benzene rings is 1. The maximum absolute atomic E-state index is 12.2. The standard InChI is InChI=1S/C18H23N3O3/c1-3-23-18(22)15-11(2)21-13-7-4-8-14(16(13)17(15)19)24-10-12-6-5-9-20-12/h4,7-8,12,20H,3,5-6,9-10H2,1-2H3,(H2,19,21). The molecule has 6 nitrogen and oxygen atoms in total. The molecule has 1 atom stereocenters. The van der Waals surface area contributed by atoms with Crippen LogP contribution in [0.5, 0.6) is 5.75 Å². The van der Waals surface area contributed by atoms with Gasteiger partial charge >= 0.3 is 5.97 Å². The van der Waals surface area contributed by atoms with Gasteiger partial charge in [-0.25, -0.2) is 4.79 Å². The summed E-state index contributed by atoms with van der Waals surface area (Å²) in [5.74, 6) is 0.200. The van der Waals surface area contributed by atoms with Gasteiger partial charge in [-0.2, -0.15) is 0 Å². The van der Waals surface area contributed by atoms with E-state index >= 15 is 0 Å². The monoisotopic (exact) mass is 329 g/mol. The van der Waals surface area contributed by atoms with E-state index in [2.05, 4.69) is 10.3 Å². The number of hydrogen-bond acceptors (Lipinski definition) is 6. The summed E-state index contributed by atoms with van der Waals surface area (Å²) >= 11 is 0. The summed E-state index contributed by atoms with van der Waals surface area (Å²) in [6.07, 6.45) is 2.27. The van der Waals surface area contributed by atoms with Gasteiger partial charge in [-0.3, -0.25) is 4.98 Å². The average molecular weight is 329 g/mol. The van der Waals surface area contributed by atoms with Crippen molar-refractivity contribution < 1.29 is 14.3 Å². The van der Waals surface area contributed by atoms with Crippen LogP contribution in [0.25, 0.3) is 10.9 Å². The molecule has 0 spiro atoms. The molecule has 2 heterocycles. The van der Waals surface area contributed by atoms with Crippen LogP contribution in [-0.4, -0.2) is 36.8 Å². The van der Waals surface area contributed by atoms with Gasteiger partial charge in [-0.05, 0) is 45.4 Å². The van der Waals surface area contributed by atoms with Crippen molar-refractivity contribution in [3.05, 3.63) is 29.5 Å². The topological polar surface area (TPSA) is 86.5 Å². The first-order valence-corrected chi connectivity index (χ1v) is 8.34. The zero-order valence-corrected chi connectivity index (χ0v) is 14.1. The van der Waals surface area contributed by atoms with Crippen LogP contribution in [0.4, 0.5) is 5.69 Å². The number of nitrogens with zero attached hydrogens (tertiary/aromatic N) is 1. The molecule has 0 bridgehead atoms. The van der Waals surface area contributed by atoms with Crippen molar-refractivity contribution in [2.24, 2.45) is 0 Å². The summed E-state index contributed by atoms with van der Waals surface area (Å²) in [6, 6.07) is 5.97. The van der Waals surface area contributed by atoms with Crippen LogP contribution < -0.4 is 15.8 Å². The summed E-state index contributed by atoms with van der Waals surface area (Å²) in [7, 11) is 0. The Balaban J connectivity index is 2.00. The summed E-state index contributed by atoms with van der Waals surface area (Å²) in [5, 5.41) is 4.07. The third-order valence-corrected chi connectivity index (χ3v) is 4.27. The Kier molecular flexibility index (Phi) is 4.85. The highest BCUT2D eigenvalue weighted by Gasteiger charge is 2.21. The quantitative estimate of drug-likeness (QED) is 0.819. The van der Waals surface area contributed by atoms with Crippen LogP contribution in [0, 0.1) is 6.92 Å². The Bertz CT molecular complexity index is 755. The van der Waals surface area contributed by atoms with Crippen molar-refractivity contribution in [1.29, 1.82) is 0 Å². The summed E-state index contributed by atoms with van der Waals surface area (Å²) < 4.78 is 11.1. The highest BCUT2D eigenvalue weighted by atomic mass is 16.5. The number of nitrogens with one attached hydrogen (secondary N) is 1. The van der Waals surface area contributed by atoms with Crippen LogP contribution in [0.15, 0.2) is 18.2 Å². The first kappa shape index (κ1) is 16.5. The van der Waals surface area contributed by atoms with Gasteiger partial charge in [0, 0.05) is 6.04 Å². The number of carbonyl (C=O) groups excluding carboxylic acids is 1. The molecule has 1 unspecified atom stereocenters. The van der Waals surface area contributed by atoms with Crippen molar-refractivity contribution in [2.45, 2.75) is 32.7 Å². The minimum Gasteiger partial charge on any atom is -0.491 e. The molecule has 1 aromatic carbocycles. The fraction of sp³-hybridized carbons (Fsp3) is 0.444. The van der Waals surface area contributed by atoms with Crippen LogP contribution in [-0.2, 0) is 4.74 Å². The molecule has 0 radical (unpaired) electrons. The molecule has 3 rings (SSSR count). The first-order chi connectivity index (χ1) is 11.6. The molecule has 1 aliphatic heterocycles. The van der Waals surface area contributed by atoms with E-state index in [0.29, 0.717) is 47.3 Å². The normalized spacial score (nSPS) is 17.2. The van der Waals surface area contributed by atoms with E-state index in [1.165, 1.54) is 6.42 Å². The second-order valence-corrected chi connectivity index (χ2v) is 5.96. The number of hydrogen-bond donors (Lipinski definition) is 2. The lowest BCUT2D eigenvalue weighted by atomic mass is 10.1. The number of anilines is 1. The molecule has 0 saturated carbocycles. The number of aromatic nitrogens is 1. The minimum atomic E-state index is -0.450. The zero-order chi connectivity index (χ0) is 17.1. The van der Waals surface area contributed by atoms with Gasteiger partial charge in [0.2, 0.25) is 0 Å². The van der Waals surface area contributed by atoms with Crippen LogP contribution >= 0.6 is 0 Å². The number of nitrogens with two attached hydrogens (primary N) is 1. The number of aryl methyl sites for hydroxylation is 1. The van der Waals surface area contributed by atoms with Gasteiger partial charge in [-0.1, -0.05) is 6.07 Å². The molecule has 24 heavy (non-hydrogen) atoms. The van der Waals surface area contributed by atoms with Crippen molar-refractivity contribution >= 4 is 22.6 Å². The molecule has 6 heteroatoms. The largest absolute Gasteiger partial charge is 0.491 e. The lowest BCUT2D eigenvalue weighted by Gasteiger charge is -2.16. The molecule has 1 fully saturated rings. The fourth-order valence-electron chi connectivity index (χ4n) is 3.11. The van der Waals surface area contributed by atoms with Gasteiger partial charge in [0.1, 0.15) is 17.9 Å². The maximum Gasteiger partial charge on any atom is 0.342 e. The molecule has 0 aliphatic carbocycles. The lowest BCUT2D eigenvalue weighted by molar-refractivity contribution is 0.0526. The minimum absolute atomic E-state index is 0.293. The molecule has 2 aromatic rings. The zero-order valence-electron chi connectivity index (χ0n) is 14.1. The molecular weight excluding hydrogens is 306 g/mol. The number of nitrogen functional groups attached to an aromatic ring is 1. The third-order valence-electron chi connectivity index (χ3n) is 4.27. The van der Waals surface area contributed by atoms with Gasteiger partial charge in [0.25, 0.3) is 0 Å². The van der Waals surface area contributed by atoms with Crippen LogP contribution in [0.2, 0.25) is 0 Å². The van der Waals surface area contributed by atoms with E-state index < -0.39 is 5.97 Å². The second kappa shape index (κ2) is 7.05. The third kappa shape index (κ3) is 3.14. The average Bonchev–Trinajstić information content (AvgIpc) is 3.06. The van der Waals surface area contributed by atoms with Crippen molar-refractivity contribution in [3.8, 4) is 5.75 Å². The predicted octanol–water partition coefficient (Wildman–Crippen LogP) is 2.43. The molecular formula is C18H23N3O3. The number of ether oxygens (including phenoxy) is 2. The van der Waals surface area contributed by atoms with Crippen LogP contribution in [0.3, 0.4) is 0 Å². The number of pyridine rings is 1. The second-order valence-electron chi connectivity index (χ2n) is 5.96. The first-order valence-electron chi connectivity index (χ1n) is 8.34. The summed E-state index contributed by atoms with van der Waals surface area (Å²) in [4.78, 5) is 16.7. The van der Waals surface area contributed by atoms with Gasteiger partial charge in [-0.15, -0.1) is 0 Å². The molecule has 1 aromatic heterocycles. The van der Waals surface area contributed by atoms with Crippen molar-refractivity contribution in [1.82, 2.24) is 10.3 Å². The summed E-state index contributed by atoms with van der Waals surface area (Å²) in [6.45, 7) is 5.42. The Hall–Kier alpha value is -2.34. The van der Waals surface area contributed by atoms with E-state index in [1.54, 1.807) is 13.8 Å². The van der Waals surface area contributed by atoms with Crippen LogP contribution in [0.1, 0.15) is 35.8 Å². The Morgan fingerprint density at radius 1 is 1.46 bits per heavy atom. The van der Waals surface area contributed by atoms with Crippen molar-refractivity contribution in [2.75, 3.05) is 25.5 Å². The lowest BCUT2D eigenvalue weighted by Crippen LogP contribution is -2.28. The van der Waals surface area contributed by atoms with Gasteiger partial charge in [0.15, 0.2) is 0 Å². The van der Waals surface area contributed by atoms with Crippen molar-refractivity contribution in [3.63, 3.8) is 0 Å². The molecule has 1 aliphatic rings. The van der Waals surface area contributed by atoms with E-state index in [4.69, 9.17) is 15.2 Å². The predicted molar refractivity (Wildman–Crippen MR) is 93.4 cm³/mol. The Morgan fingerprint density at radius 3 is 3.00 bits per heavy atom. The SMILES string of the molecule is CCOC(=O)c1c(C)nc2cccc(OCC3CCCN3)c2c1N. The Labute approximate surface area is 141 Å². The number of fused-ring (bicyclic) bond motifs is 1. The number of carbonyl (C=O) groups is 1.